The number of halogens is 1. The molecule has 0 saturated heterocycles. The Morgan fingerprint density at radius 3 is 2.54 bits per heavy atom. The van der Waals surface area contributed by atoms with Gasteiger partial charge in [0.05, 0.1) is 11.6 Å². The van der Waals surface area contributed by atoms with Gasteiger partial charge in [-0.1, -0.05) is 12.1 Å². The number of amides is 1. The van der Waals surface area contributed by atoms with Crippen molar-refractivity contribution in [3.05, 3.63) is 62.7 Å². The summed E-state index contributed by atoms with van der Waals surface area (Å²) in [6.45, 7) is 5.02. The van der Waals surface area contributed by atoms with Gasteiger partial charge in [-0.25, -0.2) is 0 Å². The summed E-state index contributed by atoms with van der Waals surface area (Å²) in [6.07, 6.45) is -0.970. The van der Waals surface area contributed by atoms with Gasteiger partial charge in [0, 0.05) is 14.7 Å². The highest BCUT2D eigenvalue weighted by Crippen LogP contribution is 2.40. The van der Waals surface area contributed by atoms with Gasteiger partial charge in [-0.2, -0.15) is 0 Å². The van der Waals surface area contributed by atoms with Gasteiger partial charge in [-0.3, -0.25) is 9.59 Å². The maximum Gasteiger partial charge on any atom is 0.252 e. The predicted molar refractivity (Wildman–Crippen MR) is 107 cm³/mol. The summed E-state index contributed by atoms with van der Waals surface area (Å²) >= 11 is 2.10. The maximum absolute atomic E-state index is 12.8. The van der Waals surface area contributed by atoms with Crippen LogP contribution in [0.5, 0.6) is 5.75 Å². The first-order valence-electron chi connectivity index (χ1n) is 8.28. The largest absolute Gasteiger partial charge is 0.485 e. The van der Waals surface area contributed by atoms with E-state index in [4.69, 9.17) is 4.74 Å². The minimum atomic E-state index is -0.970. The monoisotopic (exact) mass is 465 g/mol. The van der Waals surface area contributed by atoms with Crippen LogP contribution >= 0.6 is 22.6 Å². The molecule has 0 aliphatic carbocycles. The molecule has 0 bridgehead atoms. The van der Waals surface area contributed by atoms with Crippen LogP contribution in [0.3, 0.4) is 0 Å². The van der Waals surface area contributed by atoms with E-state index in [-0.39, 0.29) is 11.7 Å². The van der Waals surface area contributed by atoms with Crippen LogP contribution in [0, 0.1) is 3.57 Å². The van der Waals surface area contributed by atoms with E-state index < -0.39 is 17.7 Å². The Balaban J connectivity index is 2.02. The second-order valence-corrected chi connectivity index (χ2v) is 8.05. The van der Waals surface area contributed by atoms with Gasteiger partial charge in [0.1, 0.15) is 17.5 Å². The van der Waals surface area contributed by atoms with Gasteiger partial charge in [0.15, 0.2) is 5.78 Å². The molecule has 2 aromatic carbocycles. The number of ketones is 1. The lowest BCUT2D eigenvalue weighted by atomic mass is 9.85. The molecule has 1 amide bonds. The molecule has 2 atom stereocenters. The summed E-state index contributed by atoms with van der Waals surface area (Å²) < 4.78 is 6.71. The second kappa shape index (κ2) is 7.00. The van der Waals surface area contributed by atoms with Gasteiger partial charge in [0.2, 0.25) is 0 Å². The topological polar surface area (TPSA) is 75.6 Å². The molecule has 2 N–H and O–H groups in total. The van der Waals surface area contributed by atoms with Crippen molar-refractivity contribution < 1.29 is 19.4 Å². The summed E-state index contributed by atoms with van der Waals surface area (Å²) in [5.74, 6) is 0.184. The number of hydrogen-bond donors (Lipinski definition) is 2. The fourth-order valence-corrected chi connectivity index (χ4v) is 3.67. The van der Waals surface area contributed by atoms with E-state index in [2.05, 4.69) is 27.9 Å². The number of carbonyl (C=O) groups is 2. The molecule has 0 aromatic heterocycles. The molecule has 3 rings (SSSR count). The normalized spacial score (nSPS) is 20.7. The van der Waals surface area contributed by atoms with E-state index in [1.165, 1.54) is 6.92 Å². The zero-order valence-electron chi connectivity index (χ0n) is 14.7. The van der Waals surface area contributed by atoms with E-state index in [9.17, 15) is 14.7 Å². The van der Waals surface area contributed by atoms with Gasteiger partial charge < -0.3 is 15.2 Å². The smallest absolute Gasteiger partial charge is 0.252 e. The number of rotatable bonds is 3. The molecule has 1 aliphatic rings. The highest BCUT2D eigenvalue weighted by Gasteiger charge is 2.43. The molecule has 0 saturated carbocycles. The number of carbonyl (C=O) groups excluding carboxylic acids is 2. The molecular weight excluding hydrogens is 445 g/mol. The first-order chi connectivity index (χ1) is 12.2. The van der Waals surface area contributed by atoms with Crippen molar-refractivity contribution in [1.82, 2.24) is 5.32 Å². The highest BCUT2D eigenvalue weighted by atomic mass is 127. The molecule has 6 heteroatoms. The standard InChI is InChI=1S/C20H20INO4/c1-11(23)12-8-9-16-14(10-12)17(18(24)20(2,3)26-16)22-19(25)13-6-4-5-7-15(13)21/h4-10,17-18,24H,1-3H3,(H,22,25)/t17-,18+/m1/s1. The molecule has 26 heavy (non-hydrogen) atoms. The Hall–Kier alpha value is -1.93. The van der Waals surface area contributed by atoms with E-state index in [1.54, 1.807) is 44.2 Å². The zero-order chi connectivity index (χ0) is 19.1. The van der Waals surface area contributed by atoms with Crippen molar-refractivity contribution in [2.45, 2.75) is 38.5 Å². The Labute approximate surface area is 165 Å². The first-order valence-corrected chi connectivity index (χ1v) is 9.36. The van der Waals surface area contributed by atoms with Crippen molar-refractivity contribution in [2.75, 3.05) is 0 Å². The van der Waals surface area contributed by atoms with Crippen molar-refractivity contribution in [1.29, 1.82) is 0 Å². The van der Waals surface area contributed by atoms with E-state index in [1.807, 2.05) is 12.1 Å². The van der Waals surface area contributed by atoms with Crippen LogP contribution in [-0.2, 0) is 0 Å². The lowest BCUT2D eigenvalue weighted by Gasteiger charge is -2.42. The molecule has 5 nitrogen and oxygen atoms in total. The number of nitrogens with one attached hydrogen (secondary N) is 1. The molecule has 2 aromatic rings. The van der Waals surface area contributed by atoms with Crippen LogP contribution in [0.1, 0.15) is 53.1 Å². The predicted octanol–water partition coefficient (Wildman–Crippen LogP) is 3.50. The minimum Gasteiger partial charge on any atom is -0.485 e. The van der Waals surface area contributed by atoms with Crippen LogP contribution in [-0.4, -0.2) is 28.5 Å². The molecule has 1 aliphatic heterocycles. The SMILES string of the molecule is CC(=O)c1ccc2c(c1)[C@@H](NC(=O)c1ccccc1I)[C@H](O)C(C)(C)O2. The first kappa shape index (κ1) is 18.8. The Morgan fingerprint density at radius 2 is 1.88 bits per heavy atom. The van der Waals surface area contributed by atoms with Crippen molar-refractivity contribution in [2.24, 2.45) is 0 Å². The fourth-order valence-electron chi connectivity index (χ4n) is 3.04. The third-order valence-electron chi connectivity index (χ3n) is 4.56. The minimum absolute atomic E-state index is 0.0881. The van der Waals surface area contributed by atoms with Gasteiger partial charge in [-0.05, 0) is 73.7 Å². The molecule has 0 unspecified atom stereocenters. The van der Waals surface area contributed by atoms with Gasteiger partial charge in [0.25, 0.3) is 5.91 Å². The number of hydrogen-bond acceptors (Lipinski definition) is 4. The van der Waals surface area contributed by atoms with E-state index >= 15 is 0 Å². The van der Waals surface area contributed by atoms with Gasteiger partial charge in [-0.15, -0.1) is 0 Å². The molecule has 0 radical (unpaired) electrons. The Bertz CT molecular complexity index is 878. The molecule has 136 valence electrons. The number of ether oxygens (including phenoxy) is 1. The lowest BCUT2D eigenvalue weighted by Crippen LogP contribution is -2.53. The fraction of sp³-hybridized carbons (Fsp3) is 0.300. The van der Waals surface area contributed by atoms with Crippen LogP contribution in [0.2, 0.25) is 0 Å². The van der Waals surface area contributed by atoms with Crippen LogP contribution in [0.4, 0.5) is 0 Å². The second-order valence-electron chi connectivity index (χ2n) is 6.89. The summed E-state index contributed by atoms with van der Waals surface area (Å²) in [5.41, 5.74) is 0.762. The number of Topliss-reactive ketones (excluding diaryl/α,β-unsaturated/α-hetero) is 1. The molecule has 0 fully saturated rings. The summed E-state index contributed by atoms with van der Waals surface area (Å²) in [5, 5.41) is 13.7. The average molecular weight is 465 g/mol. The van der Waals surface area contributed by atoms with Crippen molar-refractivity contribution in [3.8, 4) is 5.75 Å². The van der Waals surface area contributed by atoms with Crippen LogP contribution in [0.15, 0.2) is 42.5 Å². The van der Waals surface area contributed by atoms with Gasteiger partial charge >= 0.3 is 0 Å². The van der Waals surface area contributed by atoms with E-state index in [0.717, 1.165) is 3.57 Å². The average Bonchev–Trinajstić information content (AvgIpc) is 2.58. The quantitative estimate of drug-likeness (QED) is 0.538. The maximum atomic E-state index is 12.8. The van der Waals surface area contributed by atoms with E-state index in [0.29, 0.717) is 22.4 Å². The molecule has 0 spiro atoms. The third kappa shape index (κ3) is 3.48. The molecule has 1 heterocycles. The number of benzene rings is 2. The van der Waals surface area contributed by atoms with Crippen molar-refractivity contribution in [3.63, 3.8) is 0 Å². The number of aliphatic hydroxyl groups is 1. The van der Waals surface area contributed by atoms with Crippen LogP contribution < -0.4 is 10.1 Å². The highest BCUT2D eigenvalue weighted by molar-refractivity contribution is 14.1. The summed E-state index contributed by atoms with van der Waals surface area (Å²) in [6, 6.07) is 11.6. The lowest BCUT2D eigenvalue weighted by molar-refractivity contribution is -0.0627. The number of aliphatic hydroxyl groups excluding tert-OH is 1. The Morgan fingerprint density at radius 1 is 1.19 bits per heavy atom. The third-order valence-corrected chi connectivity index (χ3v) is 5.50. The van der Waals surface area contributed by atoms with Crippen LogP contribution in [0.25, 0.3) is 0 Å². The number of fused-ring (bicyclic) bond motifs is 1. The molecular formula is C20H20INO4. The Kier molecular flexibility index (Phi) is 5.07. The van der Waals surface area contributed by atoms with Crippen molar-refractivity contribution >= 4 is 34.3 Å². The summed E-state index contributed by atoms with van der Waals surface area (Å²) in [4.78, 5) is 24.5. The zero-order valence-corrected chi connectivity index (χ0v) is 16.9. The summed E-state index contributed by atoms with van der Waals surface area (Å²) in [7, 11) is 0.